The van der Waals surface area contributed by atoms with Gasteiger partial charge in [-0.2, -0.15) is 17.7 Å². The minimum Gasteiger partial charge on any atom is -0.342 e. The van der Waals surface area contributed by atoms with E-state index in [-0.39, 0.29) is 6.10 Å². The predicted octanol–water partition coefficient (Wildman–Crippen LogP) is 2.13. The Bertz CT molecular complexity index is 564. The van der Waals surface area contributed by atoms with E-state index in [9.17, 15) is 0 Å². The van der Waals surface area contributed by atoms with Gasteiger partial charge in [-0.05, 0) is 12.1 Å². The van der Waals surface area contributed by atoms with Crippen LogP contribution >= 0.6 is 24.2 Å². The van der Waals surface area contributed by atoms with Crippen LogP contribution in [0.2, 0.25) is 5.02 Å². The van der Waals surface area contributed by atoms with Crippen molar-refractivity contribution < 1.29 is 9.47 Å². The van der Waals surface area contributed by atoms with Gasteiger partial charge in [0.25, 0.3) is 0 Å². The number of benzene rings is 1. The van der Waals surface area contributed by atoms with E-state index in [2.05, 4.69) is 22.7 Å². The van der Waals surface area contributed by atoms with Crippen LogP contribution in [0.4, 0.5) is 0 Å². The Morgan fingerprint density at radius 2 is 2.20 bits per heavy atom. The minimum absolute atomic E-state index is 0.0440. The normalized spacial score (nSPS) is 26.0. The van der Waals surface area contributed by atoms with Gasteiger partial charge in [-0.15, -0.1) is 0 Å². The molecule has 0 unspecified atom stereocenters. The summed E-state index contributed by atoms with van der Waals surface area (Å²) >= 11 is 10.2. The van der Waals surface area contributed by atoms with Gasteiger partial charge in [0.2, 0.25) is 5.79 Å². The van der Waals surface area contributed by atoms with E-state index in [1.807, 2.05) is 24.3 Å². The summed E-state index contributed by atoms with van der Waals surface area (Å²) < 4.78 is 13.7. The van der Waals surface area contributed by atoms with Crippen molar-refractivity contribution in [2.45, 2.75) is 18.4 Å². The third-order valence-electron chi connectivity index (χ3n) is 3.18. The zero-order valence-corrected chi connectivity index (χ0v) is 12.3. The van der Waals surface area contributed by atoms with Gasteiger partial charge in [0.05, 0.1) is 12.7 Å². The maximum atomic E-state index is 6.07. The standard InChI is InChI=1S/C13H14ClN3O2S/c14-11-3-1-10(2-4-11)13(7-17-9-15-8-16-17)18-5-12(6-20)19-13/h1-4,8-9,12,20H,5-7H2/t12-,13-/m1/s1. The molecule has 1 aliphatic heterocycles. The SMILES string of the molecule is SC[C@H]1CO[C@@](Cn2cncn2)(c2ccc(Cl)cc2)O1. The number of nitrogens with zero attached hydrogens (tertiary/aromatic N) is 3. The molecule has 0 radical (unpaired) electrons. The quantitative estimate of drug-likeness (QED) is 0.879. The fraction of sp³-hybridized carbons (Fsp3) is 0.385. The lowest BCUT2D eigenvalue weighted by Gasteiger charge is -2.28. The summed E-state index contributed by atoms with van der Waals surface area (Å²) in [6.07, 6.45) is 3.08. The third kappa shape index (κ3) is 2.69. The monoisotopic (exact) mass is 311 g/mol. The number of halogens is 1. The fourth-order valence-corrected chi connectivity index (χ4v) is 2.52. The molecule has 1 fully saturated rings. The molecule has 2 atom stereocenters. The van der Waals surface area contributed by atoms with E-state index in [4.69, 9.17) is 21.1 Å². The molecule has 0 N–H and O–H groups in total. The average Bonchev–Trinajstić information content (AvgIpc) is 3.10. The molecule has 106 valence electrons. The van der Waals surface area contributed by atoms with Crippen molar-refractivity contribution in [3.8, 4) is 0 Å². The molecule has 0 spiro atoms. The van der Waals surface area contributed by atoms with Gasteiger partial charge in [0, 0.05) is 16.3 Å². The first-order valence-electron chi connectivity index (χ1n) is 6.23. The molecular formula is C13H14ClN3O2S. The first kappa shape index (κ1) is 13.9. The van der Waals surface area contributed by atoms with Crippen molar-refractivity contribution in [1.29, 1.82) is 0 Å². The van der Waals surface area contributed by atoms with Gasteiger partial charge >= 0.3 is 0 Å². The molecule has 0 aliphatic carbocycles. The Hall–Kier alpha value is -1.08. The molecule has 1 aromatic carbocycles. The van der Waals surface area contributed by atoms with Gasteiger partial charge in [0.1, 0.15) is 19.2 Å². The van der Waals surface area contributed by atoms with Crippen LogP contribution in [-0.4, -0.2) is 33.2 Å². The van der Waals surface area contributed by atoms with Gasteiger partial charge < -0.3 is 9.47 Å². The maximum Gasteiger partial charge on any atom is 0.215 e. The number of rotatable bonds is 4. The van der Waals surface area contributed by atoms with Crippen molar-refractivity contribution in [3.05, 3.63) is 47.5 Å². The molecule has 7 heteroatoms. The van der Waals surface area contributed by atoms with Crippen LogP contribution in [0.15, 0.2) is 36.9 Å². The zero-order valence-electron chi connectivity index (χ0n) is 10.6. The summed E-state index contributed by atoms with van der Waals surface area (Å²) in [6.45, 7) is 0.930. The second kappa shape index (κ2) is 5.73. The first-order chi connectivity index (χ1) is 9.72. The van der Waals surface area contributed by atoms with E-state index in [1.165, 1.54) is 6.33 Å². The molecule has 2 aromatic rings. The topological polar surface area (TPSA) is 49.2 Å². The fourth-order valence-electron chi connectivity index (χ4n) is 2.21. The molecule has 1 aliphatic rings. The van der Waals surface area contributed by atoms with Crippen LogP contribution in [0.3, 0.4) is 0 Å². The predicted molar refractivity (Wildman–Crippen MR) is 77.8 cm³/mol. The molecule has 0 amide bonds. The van der Waals surface area contributed by atoms with Crippen molar-refractivity contribution in [2.24, 2.45) is 0 Å². The van der Waals surface area contributed by atoms with Crippen molar-refractivity contribution in [3.63, 3.8) is 0 Å². The highest BCUT2D eigenvalue weighted by atomic mass is 35.5. The Labute approximate surface area is 127 Å². The van der Waals surface area contributed by atoms with Crippen LogP contribution < -0.4 is 0 Å². The average molecular weight is 312 g/mol. The Morgan fingerprint density at radius 1 is 1.40 bits per heavy atom. The summed E-state index contributed by atoms with van der Waals surface area (Å²) in [6, 6.07) is 7.45. The van der Waals surface area contributed by atoms with Gasteiger partial charge in [-0.25, -0.2) is 9.67 Å². The number of thiol groups is 1. The Kier molecular flexibility index (Phi) is 3.98. The number of hydrogen-bond acceptors (Lipinski definition) is 5. The zero-order chi connectivity index (χ0) is 14.0. The summed E-state index contributed by atoms with van der Waals surface area (Å²) in [5, 5.41) is 4.79. The highest BCUT2D eigenvalue weighted by molar-refractivity contribution is 7.80. The molecule has 5 nitrogen and oxygen atoms in total. The van der Waals surface area contributed by atoms with Crippen LogP contribution in [0.1, 0.15) is 5.56 Å². The van der Waals surface area contributed by atoms with E-state index < -0.39 is 5.79 Å². The lowest BCUT2D eigenvalue weighted by atomic mass is 10.1. The van der Waals surface area contributed by atoms with Crippen LogP contribution in [-0.2, 0) is 21.8 Å². The van der Waals surface area contributed by atoms with Crippen molar-refractivity contribution >= 4 is 24.2 Å². The number of hydrogen-bond donors (Lipinski definition) is 1. The maximum absolute atomic E-state index is 6.07. The summed E-state index contributed by atoms with van der Waals surface area (Å²) in [5.74, 6) is -0.265. The van der Waals surface area contributed by atoms with Crippen molar-refractivity contribution in [1.82, 2.24) is 14.8 Å². The first-order valence-corrected chi connectivity index (χ1v) is 7.24. The molecule has 1 aromatic heterocycles. The van der Waals surface area contributed by atoms with Crippen LogP contribution in [0.25, 0.3) is 0 Å². The van der Waals surface area contributed by atoms with Gasteiger partial charge in [-0.1, -0.05) is 23.7 Å². The van der Waals surface area contributed by atoms with Crippen molar-refractivity contribution in [2.75, 3.05) is 12.4 Å². The summed E-state index contributed by atoms with van der Waals surface area (Å²) in [4.78, 5) is 3.95. The molecule has 1 saturated heterocycles. The second-order valence-electron chi connectivity index (χ2n) is 4.59. The van der Waals surface area contributed by atoms with Gasteiger partial charge in [-0.3, -0.25) is 0 Å². The molecular weight excluding hydrogens is 298 g/mol. The van der Waals surface area contributed by atoms with Crippen LogP contribution in [0, 0.1) is 0 Å². The molecule has 0 bridgehead atoms. The lowest BCUT2D eigenvalue weighted by molar-refractivity contribution is -0.186. The summed E-state index contributed by atoms with van der Waals surface area (Å²) in [7, 11) is 0. The van der Waals surface area contributed by atoms with E-state index in [0.29, 0.717) is 23.9 Å². The minimum atomic E-state index is -0.869. The van der Waals surface area contributed by atoms with Gasteiger partial charge in [0.15, 0.2) is 0 Å². The Balaban J connectivity index is 1.93. The second-order valence-corrected chi connectivity index (χ2v) is 5.39. The highest BCUT2D eigenvalue weighted by Gasteiger charge is 2.43. The lowest BCUT2D eigenvalue weighted by Crippen LogP contribution is -2.34. The molecule has 3 rings (SSSR count). The third-order valence-corrected chi connectivity index (χ3v) is 3.84. The molecule has 2 heterocycles. The largest absolute Gasteiger partial charge is 0.342 e. The van der Waals surface area contributed by atoms with E-state index in [0.717, 1.165) is 5.56 Å². The van der Waals surface area contributed by atoms with Crippen LogP contribution in [0.5, 0.6) is 0 Å². The highest BCUT2D eigenvalue weighted by Crippen LogP contribution is 2.36. The molecule has 20 heavy (non-hydrogen) atoms. The number of aromatic nitrogens is 3. The van der Waals surface area contributed by atoms with E-state index in [1.54, 1.807) is 11.0 Å². The smallest absolute Gasteiger partial charge is 0.215 e. The Morgan fingerprint density at radius 3 is 2.80 bits per heavy atom. The van der Waals surface area contributed by atoms with E-state index >= 15 is 0 Å². The summed E-state index contributed by atoms with van der Waals surface area (Å²) in [5.41, 5.74) is 0.904. The number of ether oxygens (including phenoxy) is 2. The molecule has 0 saturated carbocycles.